The number of halogens is 1. The minimum absolute atomic E-state index is 0.0908. The van der Waals surface area contributed by atoms with Crippen molar-refractivity contribution in [3.8, 4) is 0 Å². The van der Waals surface area contributed by atoms with Crippen LogP contribution in [0.1, 0.15) is 11.6 Å². The van der Waals surface area contributed by atoms with Crippen molar-refractivity contribution in [3.05, 3.63) is 34.3 Å². The summed E-state index contributed by atoms with van der Waals surface area (Å²) in [4.78, 5) is 2.31. The minimum atomic E-state index is 0.0908. The molecule has 1 aromatic carbocycles. The van der Waals surface area contributed by atoms with Gasteiger partial charge in [-0.3, -0.25) is 4.90 Å². The van der Waals surface area contributed by atoms with Crippen molar-refractivity contribution in [2.45, 2.75) is 12.1 Å². The predicted octanol–water partition coefficient (Wildman–Crippen LogP) is 1.78. The SMILES string of the molecule is CN1CCOC(CN)C1c1cccc(Br)c1. The lowest BCUT2D eigenvalue weighted by atomic mass is 9.98. The Labute approximate surface area is 105 Å². The Morgan fingerprint density at radius 2 is 2.38 bits per heavy atom. The molecule has 0 spiro atoms. The maximum Gasteiger partial charge on any atom is 0.0894 e. The van der Waals surface area contributed by atoms with Crippen LogP contribution in [0, 0.1) is 0 Å². The maximum absolute atomic E-state index is 5.77. The molecule has 1 fully saturated rings. The maximum atomic E-state index is 5.77. The molecule has 1 aliphatic heterocycles. The van der Waals surface area contributed by atoms with E-state index in [1.54, 1.807) is 0 Å². The molecule has 0 bridgehead atoms. The number of nitrogens with two attached hydrogens (primary N) is 1. The van der Waals surface area contributed by atoms with Gasteiger partial charge in [0, 0.05) is 17.6 Å². The van der Waals surface area contributed by atoms with Gasteiger partial charge in [-0.2, -0.15) is 0 Å². The Kier molecular flexibility index (Phi) is 3.97. The van der Waals surface area contributed by atoms with E-state index in [0.29, 0.717) is 6.54 Å². The average Bonchev–Trinajstić information content (AvgIpc) is 2.28. The summed E-state index contributed by atoms with van der Waals surface area (Å²) in [5.41, 5.74) is 7.02. The third-order valence-electron chi connectivity index (χ3n) is 3.03. The van der Waals surface area contributed by atoms with Gasteiger partial charge in [-0.1, -0.05) is 28.1 Å². The molecular weight excluding hydrogens is 268 g/mol. The highest BCUT2D eigenvalue weighted by atomic mass is 79.9. The molecule has 2 rings (SSSR count). The standard InChI is InChI=1S/C12H17BrN2O/c1-15-5-6-16-11(8-14)12(15)9-3-2-4-10(13)7-9/h2-4,7,11-12H,5-6,8,14H2,1H3. The Balaban J connectivity index is 2.28. The fraction of sp³-hybridized carbons (Fsp3) is 0.500. The van der Waals surface area contributed by atoms with E-state index >= 15 is 0 Å². The molecule has 16 heavy (non-hydrogen) atoms. The summed E-state index contributed by atoms with van der Waals surface area (Å²) in [7, 11) is 2.12. The first-order chi connectivity index (χ1) is 7.72. The molecule has 1 heterocycles. The van der Waals surface area contributed by atoms with Gasteiger partial charge in [-0.15, -0.1) is 0 Å². The third kappa shape index (κ3) is 2.46. The van der Waals surface area contributed by atoms with Gasteiger partial charge >= 0.3 is 0 Å². The number of ether oxygens (including phenoxy) is 1. The van der Waals surface area contributed by atoms with Crippen LogP contribution >= 0.6 is 15.9 Å². The van der Waals surface area contributed by atoms with E-state index in [2.05, 4.69) is 46.1 Å². The Hall–Kier alpha value is -0.420. The molecule has 88 valence electrons. The van der Waals surface area contributed by atoms with E-state index in [9.17, 15) is 0 Å². The van der Waals surface area contributed by atoms with Gasteiger partial charge in [0.2, 0.25) is 0 Å². The number of likely N-dealkylation sites (N-methyl/N-ethyl adjacent to an activating group) is 1. The highest BCUT2D eigenvalue weighted by Gasteiger charge is 2.30. The number of benzene rings is 1. The fourth-order valence-electron chi connectivity index (χ4n) is 2.22. The summed E-state index contributed by atoms with van der Waals surface area (Å²) in [5, 5.41) is 0. The van der Waals surface area contributed by atoms with Crippen molar-refractivity contribution < 1.29 is 4.74 Å². The van der Waals surface area contributed by atoms with E-state index in [0.717, 1.165) is 17.6 Å². The summed E-state index contributed by atoms with van der Waals surface area (Å²) in [5.74, 6) is 0. The Bertz CT molecular complexity index is 359. The zero-order valence-electron chi connectivity index (χ0n) is 9.40. The molecule has 2 unspecified atom stereocenters. The molecule has 1 saturated heterocycles. The van der Waals surface area contributed by atoms with Gasteiger partial charge < -0.3 is 10.5 Å². The van der Waals surface area contributed by atoms with Crippen LogP contribution in [0.25, 0.3) is 0 Å². The van der Waals surface area contributed by atoms with Crippen LogP contribution in [0.5, 0.6) is 0 Å². The van der Waals surface area contributed by atoms with Crippen molar-refractivity contribution in [1.29, 1.82) is 0 Å². The van der Waals surface area contributed by atoms with Crippen molar-refractivity contribution in [2.75, 3.05) is 26.7 Å². The van der Waals surface area contributed by atoms with Crippen molar-refractivity contribution >= 4 is 15.9 Å². The summed E-state index contributed by atoms with van der Waals surface area (Å²) in [6.45, 7) is 2.28. The van der Waals surface area contributed by atoms with Crippen molar-refractivity contribution in [3.63, 3.8) is 0 Å². The monoisotopic (exact) mass is 284 g/mol. The lowest BCUT2D eigenvalue weighted by Gasteiger charge is -2.39. The van der Waals surface area contributed by atoms with Gasteiger partial charge in [0.1, 0.15) is 0 Å². The number of morpholine rings is 1. The smallest absolute Gasteiger partial charge is 0.0894 e. The fourth-order valence-corrected chi connectivity index (χ4v) is 2.64. The largest absolute Gasteiger partial charge is 0.374 e. The molecule has 1 aromatic rings. The number of hydrogen-bond donors (Lipinski definition) is 1. The predicted molar refractivity (Wildman–Crippen MR) is 68.3 cm³/mol. The van der Waals surface area contributed by atoms with Crippen LogP contribution < -0.4 is 5.73 Å². The topological polar surface area (TPSA) is 38.5 Å². The third-order valence-corrected chi connectivity index (χ3v) is 3.52. The van der Waals surface area contributed by atoms with Gasteiger partial charge in [0.15, 0.2) is 0 Å². The van der Waals surface area contributed by atoms with Gasteiger partial charge in [-0.05, 0) is 24.7 Å². The number of hydrogen-bond acceptors (Lipinski definition) is 3. The van der Waals surface area contributed by atoms with Crippen LogP contribution in [0.2, 0.25) is 0 Å². The number of nitrogens with zero attached hydrogens (tertiary/aromatic N) is 1. The van der Waals surface area contributed by atoms with E-state index in [4.69, 9.17) is 10.5 Å². The molecule has 3 nitrogen and oxygen atoms in total. The second-order valence-electron chi connectivity index (χ2n) is 4.13. The summed E-state index contributed by atoms with van der Waals surface area (Å²) in [6.07, 6.45) is 0.0908. The zero-order chi connectivity index (χ0) is 11.5. The van der Waals surface area contributed by atoms with Crippen LogP contribution in [-0.4, -0.2) is 37.7 Å². The van der Waals surface area contributed by atoms with Crippen LogP contribution in [0.3, 0.4) is 0 Å². The summed E-state index contributed by atoms with van der Waals surface area (Å²) >= 11 is 3.50. The van der Waals surface area contributed by atoms with Gasteiger partial charge in [0.25, 0.3) is 0 Å². The van der Waals surface area contributed by atoms with Crippen LogP contribution in [0.4, 0.5) is 0 Å². The van der Waals surface area contributed by atoms with Crippen LogP contribution in [-0.2, 0) is 4.74 Å². The van der Waals surface area contributed by atoms with Gasteiger partial charge in [0.05, 0.1) is 18.8 Å². The molecule has 0 amide bonds. The van der Waals surface area contributed by atoms with Gasteiger partial charge in [-0.25, -0.2) is 0 Å². The molecule has 0 aromatic heterocycles. The van der Waals surface area contributed by atoms with E-state index in [1.807, 2.05) is 6.07 Å². The average molecular weight is 285 g/mol. The molecule has 2 N–H and O–H groups in total. The highest BCUT2D eigenvalue weighted by Crippen LogP contribution is 2.29. The quantitative estimate of drug-likeness (QED) is 0.900. The Morgan fingerprint density at radius 1 is 1.56 bits per heavy atom. The van der Waals surface area contributed by atoms with Crippen molar-refractivity contribution in [1.82, 2.24) is 4.90 Å². The normalized spacial score (nSPS) is 26.9. The zero-order valence-corrected chi connectivity index (χ0v) is 11.0. The first-order valence-electron chi connectivity index (χ1n) is 5.49. The molecule has 2 atom stereocenters. The van der Waals surface area contributed by atoms with E-state index < -0.39 is 0 Å². The minimum Gasteiger partial charge on any atom is -0.374 e. The highest BCUT2D eigenvalue weighted by molar-refractivity contribution is 9.10. The first-order valence-corrected chi connectivity index (χ1v) is 6.29. The second-order valence-corrected chi connectivity index (χ2v) is 5.04. The lowest BCUT2D eigenvalue weighted by molar-refractivity contribution is -0.0576. The molecule has 0 aliphatic carbocycles. The second kappa shape index (κ2) is 5.27. The van der Waals surface area contributed by atoms with E-state index in [-0.39, 0.29) is 12.1 Å². The molecule has 4 heteroatoms. The Morgan fingerprint density at radius 3 is 3.06 bits per heavy atom. The molecule has 0 radical (unpaired) electrons. The first kappa shape index (κ1) is 12.0. The van der Waals surface area contributed by atoms with Crippen molar-refractivity contribution in [2.24, 2.45) is 5.73 Å². The summed E-state index contributed by atoms with van der Waals surface area (Å²) < 4.78 is 6.82. The molecular formula is C12H17BrN2O. The van der Waals surface area contributed by atoms with E-state index in [1.165, 1.54) is 5.56 Å². The van der Waals surface area contributed by atoms with Crippen LogP contribution in [0.15, 0.2) is 28.7 Å². The lowest BCUT2D eigenvalue weighted by Crippen LogP contribution is -2.46. The molecule has 0 saturated carbocycles. The molecule has 1 aliphatic rings. The summed E-state index contributed by atoms with van der Waals surface area (Å²) in [6, 6.07) is 8.61. The number of rotatable bonds is 2.